The SMILES string of the molecule is CC(C)OCCNc1cc(F)c(F)cc1F. The van der Waals surface area contributed by atoms with Crippen LogP contribution < -0.4 is 5.32 Å². The van der Waals surface area contributed by atoms with Crippen molar-refractivity contribution in [3.05, 3.63) is 29.6 Å². The average Bonchev–Trinajstić information content (AvgIpc) is 2.19. The fraction of sp³-hybridized carbons (Fsp3) is 0.455. The molecule has 5 heteroatoms. The normalized spacial score (nSPS) is 10.9. The van der Waals surface area contributed by atoms with E-state index in [0.717, 1.165) is 6.07 Å². The average molecular weight is 233 g/mol. The van der Waals surface area contributed by atoms with Crippen LogP contribution in [0.25, 0.3) is 0 Å². The van der Waals surface area contributed by atoms with Crippen molar-refractivity contribution >= 4 is 5.69 Å². The van der Waals surface area contributed by atoms with Crippen LogP contribution in [0.4, 0.5) is 18.9 Å². The smallest absolute Gasteiger partial charge is 0.161 e. The minimum Gasteiger partial charge on any atom is -0.380 e. The highest BCUT2D eigenvalue weighted by molar-refractivity contribution is 5.45. The Morgan fingerprint density at radius 1 is 1.12 bits per heavy atom. The van der Waals surface area contributed by atoms with Gasteiger partial charge in [-0.05, 0) is 13.8 Å². The van der Waals surface area contributed by atoms with E-state index in [2.05, 4.69) is 5.32 Å². The van der Waals surface area contributed by atoms with Crippen LogP contribution in [-0.2, 0) is 4.74 Å². The fourth-order valence-electron chi connectivity index (χ4n) is 1.14. The lowest BCUT2D eigenvalue weighted by Gasteiger charge is -2.10. The van der Waals surface area contributed by atoms with Crippen LogP contribution in [0, 0.1) is 17.5 Å². The monoisotopic (exact) mass is 233 g/mol. The summed E-state index contributed by atoms with van der Waals surface area (Å²) in [6.07, 6.45) is 0.0802. The zero-order valence-corrected chi connectivity index (χ0v) is 9.19. The summed E-state index contributed by atoms with van der Waals surface area (Å²) in [5.41, 5.74) is -0.0637. The molecule has 0 saturated heterocycles. The van der Waals surface area contributed by atoms with Gasteiger partial charge in [-0.3, -0.25) is 0 Å². The third-order valence-corrected chi connectivity index (χ3v) is 1.88. The van der Waals surface area contributed by atoms with E-state index >= 15 is 0 Å². The van der Waals surface area contributed by atoms with Gasteiger partial charge >= 0.3 is 0 Å². The minimum absolute atomic E-state index is 0.0637. The molecule has 1 N–H and O–H groups in total. The molecule has 0 aliphatic heterocycles. The molecule has 0 bridgehead atoms. The summed E-state index contributed by atoms with van der Waals surface area (Å²) < 4.78 is 43.7. The third-order valence-electron chi connectivity index (χ3n) is 1.88. The quantitative estimate of drug-likeness (QED) is 0.623. The van der Waals surface area contributed by atoms with E-state index in [4.69, 9.17) is 4.74 Å². The number of nitrogens with one attached hydrogen (secondary N) is 1. The van der Waals surface area contributed by atoms with E-state index in [1.807, 2.05) is 13.8 Å². The second-order valence-electron chi connectivity index (χ2n) is 3.59. The van der Waals surface area contributed by atoms with Gasteiger partial charge in [-0.25, -0.2) is 13.2 Å². The molecule has 0 unspecified atom stereocenters. The number of anilines is 1. The second kappa shape index (κ2) is 5.75. The van der Waals surface area contributed by atoms with E-state index in [-0.39, 0.29) is 11.8 Å². The van der Waals surface area contributed by atoms with Gasteiger partial charge in [-0.1, -0.05) is 0 Å². The molecule has 0 aliphatic rings. The molecule has 2 nitrogen and oxygen atoms in total. The third kappa shape index (κ3) is 3.73. The van der Waals surface area contributed by atoms with Gasteiger partial charge in [-0.15, -0.1) is 0 Å². The Bertz CT molecular complexity index is 355. The number of hydrogen-bond donors (Lipinski definition) is 1. The molecule has 90 valence electrons. The Labute approximate surface area is 92.4 Å². The number of benzene rings is 1. The Morgan fingerprint density at radius 3 is 2.38 bits per heavy atom. The minimum atomic E-state index is -1.19. The highest BCUT2D eigenvalue weighted by Crippen LogP contribution is 2.17. The summed E-state index contributed by atoms with van der Waals surface area (Å²) >= 11 is 0. The Balaban J connectivity index is 2.51. The lowest BCUT2D eigenvalue weighted by atomic mass is 10.3. The topological polar surface area (TPSA) is 21.3 Å². The summed E-state index contributed by atoms with van der Waals surface area (Å²) in [6.45, 7) is 4.45. The van der Waals surface area contributed by atoms with Gasteiger partial charge in [0.05, 0.1) is 18.4 Å². The molecule has 0 aliphatic carbocycles. The van der Waals surface area contributed by atoms with Crippen LogP contribution >= 0.6 is 0 Å². The van der Waals surface area contributed by atoms with Crippen molar-refractivity contribution in [1.82, 2.24) is 0 Å². The van der Waals surface area contributed by atoms with Crippen molar-refractivity contribution in [3.8, 4) is 0 Å². The maximum absolute atomic E-state index is 13.1. The molecule has 0 amide bonds. The molecule has 1 aromatic carbocycles. The number of halogens is 3. The summed E-state index contributed by atoms with van der Waals surface area (Å²) in [5, 5.41) is 2.63. The zero-order valence-electron chi connectivity index (χ0n) is 9.19. The van der Waals surface area contributed by atoms with Crippen molar-refractivity contribution in [2.45, 2.75) is 20.0 Å². The molecule has 16 heavy (non-hydrogen) atoms. The summed E-state index contributed by atoms with van der Waals surface area (Å²) in [7, 11) is 0. The van der Waals surface area contributed by atoms with Crippen LogP contribution in [0.1, 0.15) is 13.8 Å². The number of hydrogen-bond acceptors (Lipinski definition) is 2. The number of rotatable bonds is 5. The van der Waals surface area contributed by atoms with E-state index in [9.17, 15) is 13.2 Å². The first-order valence-electron chi connectivity index (χ1n) is 5.00. The molecule has 0 fully saturated rings. The number of ether oxygens (including phenoxy) is 1. The first-order valence-corrected chi connectivity index (χ1v) is 5.00. The van der Waals surface area contributed by atoms with Crippen LogP contribution in [0.3, 0.4) is 0 Å². The Kier molecular flexibility index (Phi) is 4.61. The zero-order chi connectivity index (χ0) is 12.1. The Hall–Kier alpha value is -1.23. The molecule has 0 heterocycles. The van der Waals surface area contributed by atoms with Crippen molar-refractivity contribution in [2.24, 2.45) is 0 Å². The maximum atomic E-state index is 13.1. The van der Waals surface area contributed by atoms with Gasteiger partial charge in [0.25, 0.3) is 0 Å². The van der Waals surface area contributed by atoms with Gasteiger partial charge in [0.1, 0.15) is 5.82 Å². The predicted octanol–water partition coefficient (Wildman–Crippen LogP) is 2.94. The summed E-state index contributed by atoms with van der Waals surface area (Å²) in [4.78, 5) is 0. The van der Waals surface area contributed by atoms with Crippen LogP contribution in [0.2, 0.25) is 0 Å². The highest BCUT2D eigenvalue weighted by Gasteiger charge is 2.08. The van der Waals surface area contributed by atoms with Crippen molar-refractivity contribution in [1.29, 1.82) is 0 Å². The van der Waals surface area contributed by atoms with Gasteiger partial charge in [0, 0.05) is 18.7 Å². The largest absolute Gasteiger partial charge is 0.380 e. The van der Waals surface area contributed by atoms with Crippen LogP contribution in [0.15, 0.2) is 12.1 Å². The van der Waals surface area contributed by atoms with Gasteiger partial charge in [-0.2, -0.15) is 0 Å². The Morgan fingerprint density at radius 2 is 1.75 bits per heavy atom. The van der Waals surface area contributed by atoms with Crippen LogP contribution in [0.5, 0.6) is 0 Å². The lowest BCUT2D eigenvalue weighted by Crippen LogP contribution is -2.14. The van der Waals surface area contributed by atoms with E-state index in [1.165, 1.54) is 0 Å². The molecule has 0 aromatic heterocycles. The summed E-state index contributed by atoms with van der Waals surface area (Å²) in [6, 6.07) is 1.31. The highest BCUT2D eigenvalue weighted by atomic mass is 19.2. The maximum Gasteiger partial charge on any atom is 0.161 e. The van der Waals surface area contributed by atoms with Crippen molar-refractivity contribution < 1.29 is 17.9 Å². The van der Waals surface area contributed by atoms with E-state index in [0.29, 0.717) is 19.2 Å². The lowest BCUT2D eigenvalue weighted by molar-refractivity contribution is 0.0870. The van der Waals surface area contributed by atoms with E-state index < -0.39 is 17.5 Å². The van der Waals surface area contributed by atoms with Crippen LogP contribution in [-0.4, -0.2) is 19.3 Å². The predicted molar refractivity (Wildman–Crippen MR) is 55.9 cm³/mol. The fourth-order valence-corrected chi connectivity index (χ4v) is 1.14. The molecular weight excluding hydrogens is 219 g/mol. The first kappa shape index (κ1) is 12.8. The van der Waals surface area contributed by atoms with Gasteiger partial charge in [0.15, 0.2) is 11.6 Å². The molecule has 1 aromatic rings. The van der Waals surface area contributed by atoms with Crippen molar-refractivity contribution in [3.63, 3.8) is 0 Å². The first-order chi connectivity index (χ1) is 7.50. The summed E-state index contributed by atoms with van der Waals surface area (Å²) in [5.74, 6) is -3.08. The molecule has 0 atom stereocenters. The van der Waals surface area contributed by atoms with Gasteiger partial charge < -0.3 is 10.1 Å². The second-order valence-corrected chi connectivity index (χ2v) is 3.59. The van der Waals surface area contributed by atoms with E-state index in [1.54, 1.807) is 0 Å². The molecule has 1 rings (SSSR count). The molecule has 0 spiro atoms. The van der Waals surface area contributed by atoms with Gasteiger partial charge in [0.2, 0.25) is 0 Å². The van der Waals surface area contributed by atoms with Crippen molar-refractivity contribution in [2.75, 3.05) is 18.5 Å². The molecular formula is C11H14F3NO. The molecule has 0 saturated carbocycles. The molecule has 0 radical (unpaired) electrons. The standard InChI is InChI=1S/C11H14F3NO/c1-7(2)16-4-3-15-11-6-9(13)8(12)5-10(11)14/h5-7,15H,3-4H2,1-2H3.